The van der Waals surface area contributed by atoms with Crippen molar-refractivity contribution in [2.45, 2.75) is 19.4 Å². The molecule has 1 heterocycles. The number of rotatable bonds is 5. The van der Waals surface area contributed by atoms with E-state index in [4.69, 9.17) is 4.74 Å². The molecule has 3 heteroatoms. The second-order valence-electron chi connectivity index (χ2n) is 3.14. The van der Waals surface area contributed by atoms with Crippen LogP contribution in [0.15, 0.2) is 0 Å². The molecule has 0 aromatic carbocycles. The molecule has 1 rings (SSSR count). The van der Waals surface area contributed by atoms with Gasteiger partial charge in [0, 0.05) is 32.5 Å². The maximum absolute atomic E-state index is 5.30. The molecule has 0 radical (unpaired) electrons. The topological polar surface area (TPSA) is 12.5 Å². The molecular formula is C9H19NOS. The monoisotopic (exact) mass is 189 g/mol. The highest BCUT2D eigenvalue weighted by molar-refractivity contribution is 7.99. The molecule has 0 bridgehead atoms. The van der Waals surface area contributed by atoms with Gasteiger partial charge in [-0.15, -0.1) is 0 Å². The fraction of sp³-hybridized carbons (Fsp3) is 1.00. The van der Waals surface area contributed by atoms with Crippen LogP contribution in [-0.2, 0) is 4.74 Å². The molecule has 1 unspecified atom stereocenters. The van der Waals surface area contributed by atoms with Gasteiger partial charge in [-0.1, -0.05) is 6.92 Å². The Bertz CT molecular complexity index is 121. The zero-order valence-electron chi connectivity index (χ0n) is 8.08. The smallest absolute Gasteiger partial charge is 0.0710 e. The Morgan fingerprint density at radius 3 is 3.00 bits per heavy atom. The third kappa shape index (κ3) is 3.33. The van der Waals surface area contributed by atoms with Gasteiger partial charge in [0.1, 0.15) is 0 Å². The SMILES string of the molecule is CCSCCN1CCC(OC)C1. The van der Waals surface area contributed by atoms with E-state index in [1.807, 2.05) is 18.9 Å². The summed E-state index contributed by atoms with van der Waals surface area (Å²) in [4.78, 5) is 2.50. The van der Waals surface area contributed by atoms with Crippen LogP contribution < -0.4 is 0 Å². The van der Waals surface area contributed by atoms with Crippen molar-refractivity contribution >= 4 is 11.8 Å². The highest BCUT2D eigenvalue weighted by atomic mass is 32.2. The van der Waals surface area contributed by atoms with E-state index < -0.39 is 0 Å². The molecule has 1 aliphatic heterocycles. The lowest BCUT2D eigenvalue weighted by Gasteiger charge is -2.14. The summed E-state index contributed by atoms with van der Waals surface area (Å²) in [6.07, 6.45) is 1.71. The average Bonchev–Trinajstić information content (AvgIpc) is 2.53. The molecule has 2 nitrogen and oxygen atoms in total. The maximum atomic E-state index is 5.30. The summed E-state index contributed by atoms with van der Waals surface area (Å²) in [5.41, 5.74) is 0. The van der Waals surface area contributed by atoms with Crippen LogP contribution in [0.5, 0.6) is 0 Å². The first-order chi connectivity index (χ1) is 5.86. The van der Waals surface area contributed by atoms with E-state index in [0.29, 0.717) is 6.10 Å². The van der Waals surface area contributed by atoms with Crippen molar-refractivity contribution in [2.75, 3.05) is 38.2 Å². The molecule has 1 aliphatic rings. The summed E-state index contributed by atoms with van der Waals surface area (Å²) in [7, 11) is 1.81. The van der Waals surface area contributed by atoms with E-state index in [1.165, 1.54) is 31.0 Å². The summed E-state index contributed by atoms with van der Waals surface area (Å²) < 4.78 is 5.30. The highest BCUT2D eigenvalue weighted by Crippen LogP contribution is 2.12. The molecule has 0 aromatic heterocycles. The molecule has 1 fully saturated rings. The summed E-state index contributed by atoms with van der Waals surface area (Å²) in [6.45, 7) is 5.81. The fourth-order valence-electron chi connectivity index (χ4n) is 1.53. The Labute approximate surface area is 79.6 Å². The largest absolute Gasteiger partial charge is 0.380 e. The van der Waals surface area contributed by atoms with Gasteiger partial charge in [0.2, 0.25) is 0 Å². The van der Waals surface area contributed by atoms with Crippen molar-refractivity contribution in [1.29, 1.82) is 0 Å². The quantitative estimate of drug-likeness (QED) is 0.608. The maximum Gasteiger partial charge on any atom is 0.0710 e. The van der Waals surface area contributed by atoms with Crippen molar-refractivity contribution in [2.24, 2.45) is 0 Å². The first-order valence-corrected chi connectivity index (χ1v) is 5.85. The Hall–Kier alpha value is 0.270. The van der Waals surface area contributed by atoms with E-state index in [0.717, 1.165) is 6.54 Å². The number of methoxy groups -OCH3 is 1. The van der Waals surface area contributed by atoms with Crippen molar-refractivity contribution in [1.82, 2.24) is 4.90 Å². The van der Waals surface area contributed by atoms with Crippen LogP contribution >= 0.6 is 11.8 Å². The van der Waals surface area contributed by atoms with Crippen molar-refractivity contribution in [3.8, 4) is 0 Å². The molecule has 12 heavy (non-hydrogen) atoms. The van der Waals surface area contributed by atoms with Crippen LogP contribution in [0, 0.1) is 0 Å². The van der Waals surface area contributed by atoms with E-state index in [1.54, 1.807) is 0 Å². The van der Waals surface area contributed by atoms with Crippen LogP contribution in [0.25, 0.3) is 0 Å². The molecule has 0 N–H and O–H groups in total. The molecule has 1 saturated heterocycles. The van der Waals surface area contributed by atoms with Gasteiger partial charge >= 0.3 is 0 Å². The third-order valence-electron chi connectivity index (χ3n) is 2.32. The van der Waals surface area contributed by atoms with E-state index in [9.17, 15) is 0 Å². The Balaban J connectivity index is 2.03. The first-order valence-electron chi connectivity index (χ1n) is 4.69. The summed E-state index contributed by atoms with van der Waals surface area (Å²) in [5, 5.41) is 0. The zero-order chi connectivity index (χ0) is 8.81. The first kappa shape index (κ1) is 10.4. The molecule has 0 aliphatic carbocycles. The van der Waals surface area contributed by atoms with E-state index in [-0.39, 0.29) is 0 Å². The second-order valence-corrected chi connectivity index (χ2v) is 4.54. The minimum absolute atomic E-state index is 0.497. The van der Waals surface area contributed by atoms with Gasteiger partial charge in [0.25, 0.3) is 0 Å². The van der Waals surface area contributed by atoms with Crippen LogP contribution in [0.1, 0.15) is 13.3 Å². The lowest BCUT2D eigenvalue weighted by molar-refractivity contribution is 0.109. The number of ether oxygens (including phenoxy) is 1. The summed E-state index contributed by atoms with van der Waals surface area (Å²) in [6, 6.07) is 0. The second kappa shape index (κ2) is 5.84. The number of likely N-dealkylation sites (tertiary alicyclic amines) is 1. The van der Waals surface area contributed by atoms with Gasteiger partial charge in [0.05, 0.1) is 6.10 Å². The van der Waals surface area contributed by atoms with Gasteiger partial charge in [-0.3, -0.25) is 4.90 Å². The van der Waals surface area contributed by atoms with Crippen molar-refractivity contribution in [3.05, 3.63) is 0 Å². The van der Waals surface area contributed by atoms with Crippen LogP contribution in [0.4, 0.5) is 0 Å². The normalized spacial score (nSPS) is 25.0. The average molecular weight is 189 g/mol. The third-order valence-corrected chi connectivity index (χ3v) is 3.20. The van der Waals surface area contributed by atoms with E-state index in [2.05, 4.69) is 11.8 Å². The molecule has 0 aromatic rings. The van der Waals surface area contributed by atoms with Gasteiger partial charge in [0.15, 0.2) is 0 Å². The van der Waals surface area contributed by atoms with Crippen molar-refractivity contribution < 1.29 is 4.74 Å². The summed E-state index contributed by atoms with van der Waals surface area (Å²) >= 11 is 2.02. The zero-order valence-corrected chi connectivity index (χ0v) is 8.90. The van der Waals surface area contributed by atoms with Gasteiger partial charge in [-0.2, -0.15) is 11.8 Å². The van der Waals surface area contributed by atoms with Crippen molar-refractivity contribution in [3.63, 3.8) is 0 Å². The molecular weight excluding hydrogens is 170 g/mol. The summed E-state index contributed by atoms with van der Waals surface area (Å²) in [5.74, 6) is 2.51. The predicted octanol–water partition coefficient (Wildman–Crippen LogP) is 1.46. The lowest BCUT2D eigenvalue weighted by atomic mass is 10.3. The standard InChI is InChI=1S/C9H19NOS/c1-3-12-7-6-10-5-4-9(8-10)11-2/h9H,3-8H2,1-2H3. The lowest BCUT2D eigenvalue weighted by Crippen LogP contribution is -2.25. The number of thioether (sulfide) groups is 1. The fourth-order valence-corrected chi connectivity index (χ4v) is 2.21. The van der Waals surface area contributed by atoms with Gasteiger partial charge in [-0.05, 0) is 12.2 Å². The van der Waals surface area contributed by atoms with E-state index >= 15 is 0 Å². The van der Waals surface area contributed by atoms with Crippen LogP contribution in [-0.4, -0.2) is 49.3 Å². The number of nitrogens with zero attached hydrogens (tertiary/aromatic N) is 1. The van der Waals surface area contributed by atoms with Crippen LogP contribution in [0.3, 0.4) is 0 Å². The molecule has 0 amide bonds. The molecule has 0 saturated carbocycles. The molecule has 72 valence electrons. The van der Waals surface area contributed by atoms with Gasteiger partial charge in [-0.25, -0.2) is 0 Å². The minimum atomic E-state index is 0.497. The number of hydrogen-bond donors (Lipinski definition) is 0. The Kier molecular flexibility index (Phi) is 5.04. The Morgan fingerprint density at radius 1 is 1.58 bits per heavy atom. The molecule has 1 atom stereocenters. The molecule has 0 spiro atoms. The predicted molar refractivity (Wildman–Crippen MR) is 54.9 cm³/mol. The minimum Gasteiger partial charge on any atom is -0.380 e. The Morgan fingerprint density at radius 2 is 2.42 bits per heavy atom. The number of hydrogen-bond acceptors (Lipinski definition) is 3. The van der Waals surface area contributed by atoms with Gasteiger partial charge < -0.3 is 4.74 Å². The van der Waals surface area contributed by atoms with Crippen LogP contribution in [0.2, 0.25) is 0 Å². The highest BCUT2D eigenvalue weighted by Gasteiger charge is 2.20.